The molecule has 0 radical (unpaired) electrons. The highest BCUT2D eigenvalue weighted by Gasteiger charge is 2.34. The van der Waals surface area contributed by atoms with Crippen LogP contribution >= 0.6 is 15.9 Å². The number of hydrogen-bond donors (Lipinski definition) is 0. The van der Waals surface area contributed by atoms with Crippen LogP contribution in [0.25, 0.3) is 0 Å². The Labute approximate surface area is 101 Å². The molecule has 0 spiro atoms. The number of ether oxygens (including phenoxy) is 2. The summed E-state index contributed by atoms with van der Waals surface area (Å²) in [5, 5.41) is 0. The summed E-state index contributed by atoms with van der Waals surface area (Å²) in [4.78, 5) is 15.4. The Hall–Kier alpha value is -1.36. The second-order valence-electron chi connectivity index (χ2n) is 3.33. The lowest BCUT2D eigenvalue weighted by molar-refractivity contribution is -0.143. The van der Waals surface area contributed by atoms with Gasteiger partial charge in [-0.05, 0) is 17.7 Å². The number of carbonyl (C=O) groups is 1. The number of aliphatic imine (C=N–C) groups is 1. The molecule has 4 nitrogen and oxygen atoms in total. The summed E-state index contributed by atoms with van der Waals surface area (Å²) < 4.78 is 11.0. The first-order valence-electron chi connectivity index (χ1n) is 4.73. The highest BCUT2D eigenvalue weighted by atomic mass is 79.9. The Kier molecular flexibility index (Phi) is 3.24. The first-order valence-corrected chi connectivity index (χ1v) is 5.52. The molecule has 0 aliphatic carbocycles. The first kappa shape index (κ1) is 11.1. The maximum absolute atomic E-state index is 11.4. The van der Waals surface area contributed by atoms with Gasteiger partial charge in [0.05, 0.1) is 7.11 Å². The van der Waals surface area contributed by atoms with Crippen LogP contribution in [0.3, 0.4) is 0 Å². The van der Waals surface area contributed by atoms with Crippen LogP contribution in [0.5, 0.6) is 0 Å². The summed E-state index contributed by atoms with van der Waals surface area (Å²) in [6.45, 7) is 0. The van der Waals surface area contributed by atoms with E-state index in [9.17, 15) is 4.79 Å². The van der Waals surface area contributed by atoms with Crippen molar-refractivity contribution in [2.45, 2.75) is 12.1 Å². The molecule has 1 aromatic carbocycles. The Bertz CT molecular complexity index is 416. The van der Waals surface area contributed by atoms with Crippen molar-refractivity contribution >= 4 is 28.3 Å². The van der Waals surface area contributed by atoms with Gasteiger partial charge >= 0.3 is 5.97 Å². The van der Waals surface area contributed by atoms with Crippen LogP contribution in [0, 0.1) is 0 Å². The predicted molar refractivity (Wildman–Crippen MR) is 62.3 cm³/mol. The molecule has 16 heavy (non-hydrogen) atoms. The quantitative estimate of drug-likeness (QED) is 0.781. The van der Waals surface area contributed by atoms with Crippen LogP contribution in [0.2, 0.25) is 0 Å². The molecule has 0 N–H and O–H groups in total. The van der Waals surface area contributed by atoms with E-state index in [0.29, 0.717) is 0 Å². The van der Waals surface area contributed by atoms with Crippen LogP contribution in [0.4, 0.5) is 0 Å². The lowest BCUT2D eigenvalue weighted by atomic mass is 10.0. The number of esters is 1. The SMILES string of the molecule is COC(=O)[C@@H]1N=CO[C@@H]1c1ccc(Br)cc1. The maximum Gasteiger partial charge on any atom is 0.334 e. The van der Waals surface area contributed by atoms with E-state index in [1.807, 2.05) is 24.3 Å². The number of carbonyl (C=O) groups excluding carboxylic acids is 1. The molecule has 0 saturated carbocycles. The molecular formula is C11H10BrNO3. The van der Waals surface area contributed by atoms with Crippen molar-refractivity contribution in [3.63, 3.8) is 0 Å². The molecule has 0 aromatic heterocycles. The van der Waals surface area contributed by atoms with Crippen molar-refractivity contribution in [1.82, 2.24) is 0 Å². The number of hydrogen-bond acceptors (Lipinski definition) is 4. The molecule has 0 bridgehead atoms. The smallest absolute Gasteiger partial charge is 0.334 e. The zero-order valence-corrected chi connectivity index (χ0v) is 10.2. The fraction of sp³-hybridized carbons (Fsp3) is 0.273. The summed E-state index contributed by atoms with van der Waals surface area (Å²) in [5.41, 5.74) is 0.899. The summed E-state index contributed by atoms with van der Waals surface area (Å²) in [5.74, 6) is -0.387. The molecule has 0 unspecified atom stereocenters. The standard InChI is InChI=1S/C11H10BrNO3/c1-15-11(14)9-10(16-6-13-9)7-2-4-8(12)5-3-7/h2-6,9-10H,1H3/t9-,10-/m1/s1. The number of halogens is 1. The van der Waals surface area contributed by atoms with Gasteiger partial charge in [0.2, 0.25) is 0 Å². The van der Waals surface area contributed by atoms with E-state index in [1.54, 1.807) is 0 Å². The molecule has 1 aliphatic rings. The van der Waals surface area contributed by atoms with E-state index in [2.05, 4.69) is 25.7 Å². The van der Waals surface area contributed by atoms with Crippen molar-refractivity contribution in [1.29, 1.82) is 0 Å². The summed E-state index contributed by atoms with van der Waals surface area (Å²) in [7, 11) is 1.34. The Morgan fingerprint density at radius 2 is 2.12 bits per heavy atom. The number of rotatable bonds is 2. The Balaban J connectivity index is 2.21. The fourth-order valence-corrected chi connectivity index (χ4v) is 1.80. The van der Waals surface area contributed by atoms with Crippen LogP contribution in [0.1, 0.15) is 11.7 Å². The Morgan fingerprint density at radius 3 is 2.75 bits per heavy atom. The largest absolute Gasteiger partial charge is 0.473 e. The van der Waals surface area contributed by atoms with Crippen molar-refractivity contribution < 1.29 is 14.3 Å². The molecule has 1 aliphatic heterocycles. The van der Waals surface area contributed by atoms with E-state index in [4.69, 9.17) is 4.74 Å². The van der Waals surface area contributed by atoms with E-state index in [1.165, 1.54) is 13.5 Å². The van der Waals surface area contributed by atoms with E-state index < -0.39 is 6.04 Å². The zero-order valence-electron chi connectivity index (χ0n) is 8.59. The molecule has 0 fully saturated rings. The van der Waals surface area contributed by atoms with Crippen molar-refractivity contribution in [2.75, 3.05) is 7.11 Å². The van der Waals surface area contributed by atoms with Crippen LogP contribution in [-0.4, -0.2) is 25.5 Å². The highest BCUT2D eigenvalue weighted by Crippen LogP contribution is 2.28. The fourth-order valence-electron chi connectivity index (χ4n) is 1.54. The average molecular weight is 284 g/mol. The summed E-state index contributed by atoms with van der Waals surface area (Å²) in [6, 6.07) is 6.96. The first-order chi connectivity index (χ1) is 7.72. The van der Waals surface area contributed by atoms with Crippen molar-refractivity contribution in [3.05, 3.63) is 34.3 Å². The second-order valence-corrected chi connectivity index (χ2v) is 4.25. The lowest BCUT2D eigenvalue weighted by Crippen LogP contribution is -2.25. The van der Waals surface area contributed by atoms with Crippen molar-refractivity contribution in [2.24, 2.45) is 4.99 Å². The average Bonchev–Trinajstić information content (AvgIpc) is 2.78. The molecule has 0 amide bonds. The normalized spacial score (nSPS) is 22.9. The number of nitrogens with zero attached hydrogens (tertiary/aromatic N) is 1. The third-order valence-electron chi connectivity index (χ3n) is 2.36. The summed E-state index contributed by atoms with van der Waals surface area (Å²) in [6.07, 6.45) is 0.912. The predicted octanol–water partition coefficient (Wildman–Crippen LogP) is 2.09. The molecule has 84 valence electrons. The van der Waals surface area contributed by atoms with Gasteiger partial charge in [-0.1, -0.05) is 28.1 Å². The molecule has 1 aromatic rings. The third kappa shape index (κ3) is 2.09. The monoisotopic (exact) mass is 283 g/mol. The van der Waals surface area contributed by atoms with Crippen molar-refractivity contribution in [3.8, 4) is 0 Å². The van der Waals surface area contributed by atoms with E-state index in [0.717, 1.165) is 10.0 Å². The topological polar surface area (TPSA) is 47.9 Å². The Morgan fingerprint density at radius 1 is 1.44 bits per heavy atom. The second kappa shape index (κ2) is 4.65. The van der Waals surface area contributed by atoms with Gasteiger partial charge in [-0.2, -0.15) is 0 Å². The van der Waals surface area contributed by atoms with Gasteiger partial charge in [0, 0.05) is 4.47 Å². The van der Waals surface area contributed by atoms with Crippen LogP contribution in [0.15, 0.2) is 33.7 Å². The molecule has 1 heterocycles. The summed E-state index contributed by atoms with van der Waals surface area (Å²) >= 11 is 3.35. The van der Waals surface area contributed by atoms with E-state index in [-0.39, 0.29) is 12.1 Å². The minimum absolute atomic E-state index is 0.387. The van der Waals surface area contributed by atoms with Crippen LogP contribution in [-0.2, 0) is 14.3 Å². The number of benzene rings is 1. The van der Waals surface area contributed by atoms with Gasteiger partial charge in [-0.15, -0.1) is 0 Å². The highest BCUT2D eigenvalue weighted by molar-refractivity contribution is 9.10. The number of methoxy groups -OCH3 is 1. The van der Waals surface area contributed by atoms with Gasteiger partial charge in [-0.25, -0.2) is 9.79 Å². The molecule has 0 saturated heterocycles. The zero-order chi connectivity index (χ0) is 11.5. The third-order valence-corrected chi connectivity index (χ3v) is 2.89. The minimum Gasteiger partial charge on any atom is -0.473 e. The van der Waals surface area contributed by atoms with Gasteiger partial charge in [0.25, 0.3) is 0 Å². The van der Waals surface area contributed by atoms with Gasteiger partial charge < -0.3 is 9.47 Å². The van der Waals surface area contributed by atoms with Crippen LogP contribution < -0.4 is 0 Å². The maximum atomic E-state index is 11.4. The van der Waals surface area contributed by atoms with Gasteiger partial charge in [0.15, 0.2) is 18.5 Å². The molecule has 5 heteroatoms. The van der Waals surface area contributed by atoms with Gasteiger partial charge in [0.1, 0.15) is 0 Å². The van der Waals surface area contributed by atoms with Gasteiger partial charge in [-0.3, -0.25) is 0 Å². The van der Waals surface area contributed by atoms with E-state index >= 15 is 0 Å². The lowest BCUT2D eigenvalue weighted by Gasteiger charge is -2.15. The molecular weight excluding hydrogens is 274 g/mol. The molecule has 2 rings (SSSR count). The molecule has 2 atom stereocenters. The minimum atomic E-state index is -0.605.